The van der Waals surface area contributed by atoms with Crippen molar-refractivity contribution in [2.75, 3.05) is 9.80 Å². The Hall–Kier alpha value is -4.94. The largest absolute Gasteiger partial charge is 0.311 e. The summed E-state index contributed by atoms with van der Waals surface area (Å²) < 4.78 is 0. The Labute approximate surface area is 217 Å². The molecular weight excluding hydrogens is 447 g/mol. The molecule has 0 aliphatic carbocycles. The maximum atomic E-state index is 3.30. The normalized spacial score (nSPS) is 13.0. The fraction of sp³-hybridized carbons (Fsp3) is 0. The van der Waals surface area contributed by atoms with Crippen LogP contribution < -0.4 is 26.2 Å². The molecule has 2 aliphatic rings. The standard InChI is InChI=1S/C34H21BN2/c1-2-13-26(14-3-1)36-30-17-8-6-15-28(30)35-29-16-7-9-18-31(29)37(33-20-10-19-32(36)34(33)35)27-22-21-24-11-4-5-12-25(24)23-27/h1-4,6-11,13-23H. The van der Waals surface area contributed by atoms with Crippen molar-refractivity contribution in [3.63, 3.8) is 0 Å². The van der Waals surface area contributed by atoms with Gasteiger partial charge in [0, 0.05) is 39.5 Å². The minimum atomic E-state index is 0.162. The van der Waals surface area contributed by atoms with E-state index in [9.17, 15) is 0 Å². The lowest BCUT2D eigenvalue weighted by molar-refractivity contribution is 1.26. The Morgan fingerprint density at radius 1 is 0.514 bits per heavy atom. The van der Waals surface area contributed by atoms with Crippen LogP contribution in [-0.4, -0.2) is 6.71 Å². The van der Waals surface area contributed by atoms with Gasteiger partial charge in [0.05, 0.1) is 0 Å². The Kier molecular flexibility index (Phi) is 4.27. The van der Waals surface area contributed by atoms with Crippen LogP contribution in [-0.2, 0) is 0 Å². The number of rotatable bonds is 2. The highest BCUT2D eigenvalue weighted by atomic mass is 15.2. The number of anilines is 6. The lowest BCUT2D eigenvalue weighted by Gasteiger charge is -2.44. The van der Waals surface area contributed by atoms with Gasteiger partial charge in [-0.05, 0) is 82.4 Å². The smallest absolute Gasteiger partial charge is 0.252 e. The summed E-state index contributed by atoms with van der Waals surface area (Å²) in [5.74, 6) is 0. The van der Waals surface area contributed by atoms with Crippen LogP contribution in [0.2, 0.25) is 0 Å². The van der Waals surface area contributed by atoms with E-state index in [4.69, 9.17) is 0 Å². The summed E-state index contributed by atoms with van der Waals surface area (Å²) in [6, 6.07) is 52.2. The molecule has 0 radical (unpaired) electrons. The van der Waals surface area contributed by atoms with Gasteiger partial charge in [0.2, 0.25) is 0 Å². The van der Waals surface area contributed by atoms with Gasteiger partial charge in [0.25, 0.3) is 6.71 Å². The topological polar surface area (TPSA) is 6.48 Å². The molecule has 0 saturated carbocycles. The van der Waals surface area contributed by atoms with Gasteiger partial charge in [-0.15, -0.1) is 0 Å². The van der Waals surface area contributed by atoms with E-state index in [1.54, 1.807) is 0 Å². The van der Waals surface area contributed by atoms with Crippen molar-refractivity contribution in [1.29, 1.82) is 0 Å². The molecule has 0 unspecified atom stereocenters. The van der Waals surface area contributed by atoms with Gasteiger partial charge in [-0.3, -0.25) is 0 Å². The summed E-state index contributed by atoms with van der Waals surface area (Å²) in [6.07, 6.45) is 0. The lowest BCUT2D eigenvalue weighted by atomic mass is 9.33. The van der Waals surface area contributed by atoms with Crippen LogP contribution in [0.15, 0.2) is 127 Å². The zero-order valence-electron chi connectivity index (χ0n) is 20.1. The Morgan fingerprint density at radius 2 is 1.14 bits per heavy atom. The van der Waals surface area contributed by atoms with Crippen molar-refractivity contribution >= 4 is 68.0 Å². The fourth-order valence-electron chi connectivity index (χ4n) is 6.16. The first-order chi connectivity index (χ1) is 18.4. The Morgan fingerprint density at radius 3 is 1.86 bits per heavy atom. The second-order valence-corrected chi connectivity index (χ2v) is 9.64. The van der Waals surface area contributed by atoms with E-state index < -0.39 is 0 Å². The summed E-state index contributed by atoms with van der Waals surface area (Å²) in [5, 5.41) is 2.24. The van der Waals surface area contributed by atoms with Crippen molar-refractivity contribution in [3.8, 4) is 0 Å². The molecule has 0 amide bonds. The van der Waals surface area contributed by atoms with Crippen molar-refractivity contribution in [2.24, 2.45) is 0 Å². The van der Waals surface area contributed by atoms with Crippen LogP contribution in [0.5, 0.6) is 0 Å². The number of benzene rings is 5. The minimum absolute atomic E-state index is 0.162. The third-order valence-corrected chi connectivity index (χ3v) is 7.67. The van der Waals surface area contributed by atoms with Crippen molar-refractivity contribution < 1.29 is 0 Å². The SMILES string of the molecule is c1ccc2ccc(N3c4ccccc4B4c5ccccc5N(c5ccccc5)c5cccc3c54)cc2c#1. The number of fused-ring (bicyclic) bond motifs is 5. The Bertz CT molecular complexity index is 1810. The Balaban J connectivity index is 1.44. The second kappa shape index (κ2) is 7.78. The van der Waals surface area contributed by atoms with E-state index in [2.05, 4.69) is 143 Å². The quantitative estimate of drug-likeness (QED) is 0.267. The number of hydrogen-bond donors (Lipinski definition) is 0. The van der Waals surface area contributed by atoms with Gasteiger partial charge in [-0.1, -0.05) is 78.9 Å². The first kappa shape index (κ1) is 20.3. The first-order valence-electron chi connectivity index (χ1n) is 12.7. The maximum Gasteiger partial charge on any atom is 0.252 e. The number of hydrogen-bond acceptors (Lipinski definition) is 2. The third-order valence-electron chi connectivity index (χ3n) is 7.67. The number of nitrogens with zero attached hydrogens (tertiary/aromatic N) is 2. The van der Waals surface area contributed by atoms with Crippen molar-refractivity contribution in [1.82, 2.24) is 0 Å². The van der Waals surface area contributed by atoms with Gasteiger partial charge < -0.3 is 9.80 Å². The highest BCUT2D eigenvalue weighted by Gasteiger charge is 2.42. The molecule has 170 valence electrons. The van der Waals surface area contributed by atoms with E-state index in [1.165, 1.54) is 50.2 Å². The number of para-hydroxylation sites is 3. The van der Waals surface area contributed by atoms with E-state index in [0.717, 1.165) is 11.1 Å². The van der Waals surface area contributed by atoms with E-state index in [0.29, 0.717) is 0 Å². The van der Waals surface area contributed by atoms with Crippen molar-refractivity contribution in [3.05, 3.63) is 140 Å². The second-order valence-electron chi connectivity index (χ2n) is 9.64. The van der Waals surface area contributed by atoms with Gasteiger partial charge in [0.15, 0.2) is 0 Å². The highest BCUT2D eigenvalue weighted by molar-refractivity contribution is 7.00. The molecule has 0 bridgehead atoms. The van der Waals surface area contributed by atoms with Crippen LogP contribution in [0.4, 0.5) is 34.1 Å². The molecule has 0 fully saturated rings. The van der Waals surface area contributed by atoms with E-state index in [1.807, 2.05) is 6.07 Å². The molecule has 0 N–H and O–H groups in total. The molecule has 6 aromatic carbocycles. The predicted molar refractivity (Wildman–Crippen MR) is 156 cm³/mol. The van der Waals surface area contributed by atoms with Crippen LogP contribution in [0.1, 0.15) is 0 Å². The molecule has 0 saturated heterocycles. The van der Waals surface area contributed by atoms with Gasteiger partial charge in [-0.25, -0.2) is 0 Å². The lowest BCUT2D eigenvalue weighted by Crippen LogP contribution is -2.61. The molecule has 0 spiro atoms. The molecule has 2 heterocycles. The highest BCUT2D eigenvalue weighted by Crippen LogP contribution is 2.43. The fourth-order valence-corrected chi connectivity index (χ4v) is 6.16. The van der Waals surface area contributed by atoms with Gasteiger partial charge in [0.1, 0.15) is 0 Å². The van der Waals surface area contributed by atoms with Crippen LogP contribution in [0, 0.1) is 12.1 Å². The molecule has 8 rings (SSSR count). The zero-order valence-corrected chi connectivity index (χ0v) is 20.1. The van der Waals surface area contributed by atoms with Crippen LogP contribution in [0.3, 0.4) is 0 Å². The average molecular weight is 468 g/mol. The maximum absolute atomic E-state index is 3.30. The molecule has 2 aliphatic heterocycles. The average Bonchev–Trinajstić information content (AvgIpc) is 2.97. The van der Waals surface area contributed by atoms with Gasteiger partial charge >= 0.3 is 0 Å². The molecular formula is C34H21BN2. The molecule has 0 aromatic heterocycles. The summed E-state index contributed by atoms with van der Waals surface area (Å²) in [5.41, 5.74) is 11.2. The summed E-state index contributed by atoms with van der Waals surface area (Å²) >= 11 is 0. The summed E-state index contributed by atoms with van der Waals surface area (Å²) in [7, 11) is 0. The minimum Gasteiger partial charge on any atom is -0.311 e. The van der Waals surface area contributed by atoms with Crippen molar-refractivity contribution in [2.45, 2.75) is 0 Å². The first-order valence-corrected chi connectivity index (χ1v) is 12.7. The zero-order chi connectivity index (χ0) is 24.3. The molecule has 37 heavy (non-hydrogen) atoms. The summed E-state index contributed by atoms with van der Waals surface area (Å²) in [6.45, 7) is 0.162. The van der Waals surface area contributed by atoms with Crippen LogP contribution >= 0.6 is 0 Å². The molecule has 3 heteroatoms. The summed E-state index contributed by atoms with van der Waals surface area (Å²) in [4.78, 5) is 4.84. The molecule has 2 nitrogen and oxygen atoms in total. The third kappa shape index (κ3) is 2.90. The molecule has 6 aromatic rings. The monoisotopic (exact) mass is 468 g/mol. The van der Waals surface area contributed by atoms with Crippen LogP contribution in [0.25, 0.3) is 10.8 Å². The van der Waals surface area contributed by atoms with E-state index >= 15 is 0 Å². The molecule has 0 atom stereocenters. The predicted octanol–water partition coefficient (Wildman–Crippen LogP) is 6.52. The van der Waals surface area contributed by atoms with Gasteiger partial charge in [-0.2, -0.15) is 0 Å². The van der Waals surface area contributed by atoms with E-state index in [-0.39, 0.29) is 6.71 Å².